The number of hydrogen-bond acceptors (Lipinski definition) is 1. The maximum Gasteiger partial charge on any atom is 0.416 e. The molecule has 104 valence electrons. The Hall–Kier alpha value is -1.02. The Kier molecular flexibility index (Phi) is 5.01. The molecule has 0 aliphatic rings. The molecule has 0 heterocycles. The van der Waals surface area contributed by atoms with Gasteiger partial charge in [-0.2, -0.15) is 26.3 Å². The second-order valence-electron chi connectivity index (χ2n) is 3.25. The first-order chi connectivity index (χ1) is 7.53. The van der Waals surface area contributed by atoms with E-state index in [-0.39, 0.29) is 18.5 Å². The molecular weight excluding hydrogens is 291 g/mol. The molecule has 1 aromatic carbocycles. The van der Waals surface area contributed by atoms with Crippen LogP contribution in [0.5, 0.6) is 0 Å². The van der Waals surface area contributed by atoms with Crippen LogP contribution < -0.4 is 5.73 Å². The van der Waals surface area contributed by atoms with Crippen LogP contribution in [0.3, 0.4) is 0 Å². The van der Waals surface area contributed by atoms with Crippen molar-refractivity contribution in [2.75, 3.05) is 0 Å². The Bertz CT molecular complexity index is 412. The van der Waals surface area contributed by atoms with Crippen LogP contribution >= 0.6 is 12.4 Å². The molecule has 0 saturated carbocycles. The lowest BCUT2D eigenvalue weighted by atomic mass is 10.0. The maximum atomic E-state index is 13.0. The topological polar surface area (TPSA) is 26.0 Å². The van der Waals surface area contributed by atoms with E-state index in [0.717, 1.165) is 0 Å². The first kappa shape index (κ1) is 17.0. The molecule has 2 N–H and O–H groups in total. The van der Waals surface area contributed by atoms with Crippen LogP contribution in [0, 0.1) is 5.82 Å². The Labute approximate surface area is 103 Å². The normalized spacial score (nSPS) is 14.0. The van der Waals surface area contributed by atoms with Gasteiger partial charge in [0.2, 0.25) is 0 Å². The van der Waals surface area contributed by atoms with E-state index in [4.69, 9.17) is 0 Å². The number of benzene rings is 1. The van der Waals surface area contributed by atoms with Gasteiger partial charge in [-0.15, -0.1) is 12.4 Å². The van der Waals surface area contributed by atoms with Crippen LogP contribution in [0.1, 0.15) is 17.2 Å². The van der Waals surface area contributed by atoms with E-state index in [9.17, 15) is 30.7 Å². The molecule has 0 radical (unpaired) electrons. The molecule has 0 aliphatic carbocycles. The highest BCUT2D eigenvalue weighted by atomic mass is 35.5. The number of rotatable bonds is 1. The van der Waals surface area contributed by atoms with Crippen LogP contribution in [0.4, 0.5) is 30.7 Å². The first-order valence-electron chi connectivity index (χ1n) is 4.22. The van der Waals surface area contributed by atoms with Crippen LogP contribution in [-0.4, -0.2) is 6.18 Å². The average molecular weight is 298 g/mol. The first-order valence-corrected chi connectivity index (χ1v) is 4.22. The third kappa shape index (κ3) is 3.74. The van der Waals surface area contributed by atoms with Crippen molar-refractivity contribution >= 4 is 12.4 Å². The van der Waals surface area contributed by atoms with Crippen LogP contribution in [0.2, 0.25) is 0 Å². The molecule has 1 aromatic rings. The molecule has 0 amide bonds. The smallest absolute Gasteiger partial charge is 0.316 e. The zero-order valence-electron chi connectivity index (χ0n) is 8.44. The molecular formula is C9H7ClF7N. The molecule has 0 bridgehead atoms. The van der Waals surface area contributed by atoms with E-state index in [0.29, 0.717) is 12.1 Å². The summed E-state index contributed by atoms with van der Waals surface area (Å²) in [5.74, 6) is -1.43. The van der Waals surface area contributed by atoms with Gasteiger partial charge >= 0.3 is 12.4 Å². The van der Waals surface area contributed by atoms with Crippen LogP contribution in [0.15, 0.2) is 18.2 Å². The number of nitrogens with two attached hydrogens (primary N) is 1. The number of hydrogen-bond donors (Lipinski definition) is 1. The molecule has 0 aromatic heterocycles. The van der Waals surface area contributed by atoms with Crippen molar-refractivity contribution in [3.8, 4) is 0 Å². The van der Waals surface area contributed by atoms with Crippen molar-refractivity contribution < 1.29 is 30.7 Å². The van der Waals surface area contributed by atoms with Crippen molar-refractivity contribution in [2.24, 2.45) is 5.73 Å². The van der Waals surface area contributed by atoms with Gasteiger partial charge in [-0.3, -0.25) is 0 Å². The zero-order valence-corrected chi connectivity index (χ0v) is 9.26. The summed E-state index contributed by atoms with van der Waals surface area (Å²) in [6, 6.07) is -2.07. The Morgan fingerprint density at radius 2 is 1.50 bits per heavy atom. The monoisotopic (exact) mass is 297 g/mol. The fourth-order valence-electron chi connectivity index (χ4n) is 1.13. The maximum absolute atomic E-state index is 13.0. The van der Waals surface area contributed by atoms with E-state index in [1.54, 1.807) is 0 Å². The van der Waals surface area contributed by atoms with Gasteiger partial charge in [0.1, 0.15) is 11.9 Å². The van der Waals surface area contributed by atoms with Crippen LogP contribution in [0.25, 0.3) is 0 Å². The van der Waals surface area contributed by atoms with Gasteiger partial charge in [-0.1, -0.05) is 0 Å². The predicted molar refractivity (Wildman–Crippen MR) is 51.6 cm³/mol. The summed E-state index contributed by atoms with van der Waals surface area (Å²) in [4.78, 5) is 0. The highest BCUT2D eigenvalue weighted by molar-refractivity contribution is 5.85. The van der Waals surface area contributed by atoms with Crippen molar-refractivity contribution in [3.63, 3.8) is 0 Å². The second-order valence-corrected chi connectivity index (χ2v) is 3.25. The van der Waals surface area contributed by atoms with Gasteiger partial charge in [0.25, 0.3) is 0 Å². The summed E-state index contributed by atoms with van der Waals surface area (Å²) >= 11 is 0. The summed E-state index contributed by atoms with van der Waals surface area (Å²) in [6.45, 7) is 0. The molecule has 0 aliphatic heterocycles. The van der Waals surface area contributed by atoms with Gasteiger partial charge < -0.3 is 5.73 Å². The van der Waals surface area contributed by atoms with Gasteiger partial charge in [0, 0.05) is 5.56 Å². The molecule has 1 nitrogen and oxygen atoms in total. The molecule has 18 heavy (non-hydrogen) atoms. The minimum Gasteiger partial charge on any atom is -0.316 e. The molecule has 0 saturated heterocycles. The lowest BCUT2D eigenvalue weighted by molar-refractivity contribution is -0.150. The fraction of sp³-hybridized carbons (Fsp3) is 0.333. The lowest BCUT2D eigenvalue weighted by Crippen LogP contribution is -2.29. The lowest BCUT2D eigenvalue weighted by Gasteiger charge is -2.18. The summed E-state index contributed by atoms with van der Waals surface area (Å²) in [7, 11) is 0. The Balaban J connectivity index is 0.00000289. The number of alkyl halides is 6. The van der Waals surface area contributed by atoms with Crippen molar-refractivity contribution in [3.05, 3.63) is 35.1 Å². The van der Waals surface area contributed by atoms with Gasteiger partial charge in [-0.05, 0) is 18.2 Å². The summed E-state index contributed by atoms with van der Waals surface area (Å²) in [5, 5.41) is 0. The quantitative estimate of drug-likeness (QED) is 0.783. The third-order valence-electron chi connectivity index (χ3n) is 2.01. The zero-order chi connectivity index (χ0) is 13.4. The standard InChI is InChI=1S/C9H6F7N.ClH/c10-6-2-1-4(8(11,12)13)3-5(6)7(17)9(14,15)16;/h1-3,7H,17H2;1H/t7-;/m1./s1. The van der Waals surface area contributed by atoms with E-state index in [2.05, 4.69) is 5.73 Å². The number of halogens is 8. The van der Waals surface area contributed by atoms with E-state index in [1.165, 1.54) is 0 Å². The minimum atomic E-state index is -5.01. The van der Waals surface area contributed by atoms with Crippen LogP contribution in [-0.2, 0) is 6.18 Å². The molecule has 0 unspecified atom stereocenters. The van der Waals surface area contributed by atoms with Crippen molar-refractivity contribution in [1.82, 2.24) is 0 Å². The largest absolute Gasteiger partial charge is 0.416 e. The second kappa shape index (κ2) is 5.31. The molecule has 0 spiro atoms. The van der Waals surface area contributed by atoms with Gasteiger partial charge in [0.15, 0.2) is 0 Å². The van der Waals surface area contributed by atoms with Crippen molar-refractivity contribution in [1.29, 1.82) is 0 Å². The van der Waals surface area contributed by atoms with Crippen molar-refractivity contribution in [2.45, 2.75) is 18.4 Å². The SMILES string of the molecule is Cl.N[C@H](c1cc(C(F)(F)F)ccc1F)C(F)(F)F. The van der Waals surface area contributed by atoms with Gasteiger partial charge in [0.05, 0.1) is 5.56 Å². The summed E-state index contributed by atoms with van der Waals surface area (Å²) < 4.78 is 86.1. The summed E-state index contributed by atoms with van der Waals surface area (Å²) in [6.07, 6.45) is -9.86. The predicted octanol–water partition coefficient (Wildman–Crippen LogP) is 3.83. The molecule has 0 fully saturated rings. The fourth-order valence-corrected chi connectivity index (χ4v) is 1.13. The molecule has 9 heteroatoms. The average Bonchev–Trinajstić information content (AvgIpc) is 2.14. The highest BCUT2D eigenvalue weighted by Crippen LogP contribution is 2.36. The van der Waals surface area contributed by atoms with E-state index >= 15 is 0 Å². The molecule has 1 atom stereocenters. The third-order valence-corrected chi connectivity index (χ3v) is 2.01. The summed E-state index contributed by atoms with van der Waals surface area (Å²) in [5.41, 5.74) is 2.04. The van der Waals surface area contributed by atoms with E-state index < -0.39 is 35.3 Å². The minimum absolute atomic E-state index is 0. The molecule has 1 rings (SSSR count). The highest BCUT2D eigenvalue weighted by Gasteiger charge is 2.40. The van der Waals surface area contributed by atoms with Gasteiger partial charge in [-0.25, -0.2) is 4.39 Å². The van der Waals surface area contributed by atoms with E-state index in [1.807, 2.05) is 0 Å². The Morgan fingerprint density at radius 1 is 1.00 bits per heavy atom. The Morgan fingerprint density at radius 3 is 1.89 bits per heavy atom.